The molecule has 22 heavy (non-hydrogen) atoms. The van der Waals surface area contributed by atoms with Gasteiger partial charge in [-0.05, 0) is 55.2 Å². The SMILES string of the molecule is Cc1ccc(C(NC(=S)Nc2ccncc2)C(C)C)c(C)c1. The van der Waals surface area contributed by atoms with Gasteiger partial charge >= 0.3 is 0 Å². The lowest BCUT2D eigenvalue weighted by atomic mass is 9.92. The molecule has 1 aromatic carbocycles. The first kappa shape index (κ1) is 16.4. The third-order valence-corrected chi connectivity index (χ3v) is 3.87. The van der Waals surface area contributed by atoms with Crippen LogP contribution in [0.1, 0.15) is 36.6 Å². The molecule has 4 heteroatoms. The Morgan fingerprint density at radius 2 is 1.77 bits per heavy atom. The molecule has 1 aromatic heterocycles. The van der Waals surface area contributed by atoms with Crippen LogP contribution in [-0.4, -0.2) is 10.1 Å². The number of hydrogen-bond donors (Lipinski definition) is 2. The van der Waals surface area contributed by atoms with Crippen molar-refractivity contribution in [3.05, 3.63) is 59.4 Å². The van der Waals surface area contributed by atoms with Crippen LogP contribution >= 0.6 is 12.2 Å². The Labute approximate surface area is 138 Å². The summed E-state index contributed by atoms with van der Waals surface area (Å²) < 4.78 is 0. The third kappa shape index (κ3) is 4.28. The van der Waals surface area contributed by atoms with Crippen LogP contribution in [0.15, 0.2) is 42.7 Å². The summed E-state index contributed by atoms with van der Waals surface area (Å²) in [4.78, 5) is 4.01. The average molecular weight is 313 g/mol. The molecule has 0 fully saturated rings. The summed E-state index contributed by atoms with van der Waals surface area (Å²) in [6.07, 6.45) is 3.49. The zero-order valence-corrected chi connectivity index (χ0v) is 14.4. The van der Waals surface area contributed by atoms with E-state index >= 15 is 0 Å². The van der Waals surface area contributed by atoms with E-state index < -0.39 is 0 Å². The average Bonchev–Trinajstić information content (AvgIpc) is 2.46. The minimum absolute atomic E-state index is 0.183. The normalized spacial score (nSPS) is 12.0. The Morgan fingerprint density at radius 3 is 2.36 bits per heavy atom. The van der Waals surface area contributed by atoms with Crippen LogP contribution in [0.4, 0.5) is 5.69 Å². The number of thiocarbonyl (C=S) groups is 1. The van der Waals surface area contributed by atoms with Gasteiger partial charge in [0.25, 0.3) is 0 Å². The van der Waals surface area contributed by atoms with E-state index in [4.69, 9.17) is 12.2 Å². The van der Waals surface area contributed by atoms with E-state index in [0.717, 1.165) is 5.69 Å². The molecule has 0 bridgehead atoms. The highest BCUT2D eigenvalue weighted by molar-refractivity contribution is 7.80. The number of nitrogens with one attached hydrogen (secondary N) is 2. The number of benzene rings is 1. The van der Waals surface area contributed by atoms with Gasteiger partial charge in [0, 0.05) is 18.1 Å². The van der Waals surface area contributed by atoms with Crippen LogP contribution in [0.5, 0.6) is 0 Å². The maximum absolute atomic E-state index is 5.46. The van der Waals surface area contributed by atoms with Crippen molar-refractivity contribution >= 4 is 23.0 Å². The minimum atomic E-state index is 0.183. The zero-order valence-electron chi connectivity index (χ0n) is 13.6. The van der Waals surface area contributed by atoms with Crippen LogP contribution in [-0.2, 0) is 0 Å². The van der Waals surface area contributed by atoms with Crippen LogP contribution in [0, 0.1) is 19.8 Å². The predicted molar refractivity (Wildman–Crippen MR) is 97.1 cm³/mol. The Bertz CT molecular complexity index is 638. The molecule has 0 aliphatic rings. The molecular formula is C18H23N3S. The van der Waals surface area contributed by atoms with Crippen molar-refractivity contribution in [2.45, 2.75) is 33.7 Å². The number of rotatable bonds is 4. The molecule has 2 N–H and O–H groups in total. The second kappa shape index (κ2) is 7.36. The fraction of sp³-hybridized carbons (Fsp3) is 0.333. The number of aryl methyl sites for hydroxylation is 2. The maximum Gasteiger partial charge on any atom is 0.171 e. The molecule has 1 atom stereocenters. The Hall–Kier alpha value is -1.94. The van der Waals surface area contributed by atoms with Gasteiger partial charge in [0.1, 0.15) is 0 Å². The zero-order chi connectivity index (χ0) is 16.1. The number of pyridine rings is 1. The lowest BCUT2D eigenvalue weighted by molar-refractivity contribution is 0.471. The highest BCUT2D eigenvalue weighted by Crippen LogP contribution is 2.25. The standard InChI is InChI=1S/C18H23N3S/c1-12(2)17(16-6-5-13(3)11-14(16)4)21-18(22)20-15-7-9-19-10-8-15/h5-12,17H,1-4H3,(H2,19,20,21,22). The first-order valence-corrected chi connectivity index (χ1v) is 7.93. The van der Waals surface area contributed by atoms with Crippen molar-refractivity contribution in [1.29, 1.82) is 0 Å². The molecule has 0 saturated carbocycles. The Morgan fingerprint density at radius 1 is 1.09 bits per heavy atom. The summed E-state index contributed by atoms with van der Waals surface area (Å²) in [6, 6.07) is 10.5. The van der Waals surface area contributed by atoms with Crippen LogP contribution < -0.4 is 10.6 Å². The molecule has 2 rings (SSSR count). The highest BCUT2D eigenvalue weighted by atomic mass is 32.1. The van der Waals surface area contributed by atoms with Gasteiger partial charge < -0.3 is 10.6 Å². The smallest absolute Gasteiger partial charge is 0.171 e. The fourth-order valence-corrected chi connectivity index (χ4v) is 2.77. The fourth-order valence-electron chi connectivity index (χ4n) is 2.52. The largest absolute Gasteiger partial charge is 0.355 e. The molecule has 0 saturated heterocycles. The van der Waals surface area contributed by atoms with Crippen molar-refractivity contribution in [3.8, 4) is 0 Å². The summed E-state index contributed by atoms with van der Waals surface area (Å²) in [5, 5.41) is 7.28. The van der Waals surface area contributed by atoms with Gasteiger partial charge in [-0.2, -0.15) is 0 Å². The van der Waals surface area contributed by atoms with Gasteiger partial charge in [-0.25, -0.2) is 0 Å². The molecule has 1 unspecified atom stereocenters. The van der Waals surface area contributed by atoms with Gasteiger partial charge in [-0.15, -0.1) is 0 Å². The number of nitrogens with zero attached hydrogens (tertiary/aromatic N) is 1. The van der Waals surface area contributed by atoms with Crippen LogP contribution in [0.25, 0.3) is 0 Å². The predicted octanol–water partition coefficient (Wildman–Crippen LogP) is 4.38. The molecule has 0 aliphatic carbocycles. The topological polar surface area (TPSA) is 37.0 Å². The second-order valence-electron chi connectivity index (χ2n) is 5.92. The van der Waals surface area contributed by atoms with Crippen LogP contribution in [0.2, 0.25) is 0 Å². The quantitative estimate of drug-likeness (QED) is 0.821. The van der Waals surface area contributed by atoms with E-state index in [9.17, 15) is 0 Å². The molecule has 116 valence electrons. The van der Waals surface area contributed by atoms with E-state index in [1.54, 1.807) is 12.4 Å². The molecule has 2 aromatic rings. The van der Waals surface area contributed by atoms with Crippen molar-refractivity contribution < 1.29 is 0 Å². The molecule has 0 radical (unpaired) electrons. The third-order valence-electron chi connectivity index (χ3n) is 3.65. The van der Waals surface area contributed by atoms with Gasteiger partial charge in [0.2, 0.25) is 0 Å². The van der Waals surface area contributed by atoms with E-state index in [1.165, 1.54) is 16.7 Å². The van der Waals surface area contributed by atoms with Gasteiger partial charge in [-0.3, -0.25) is 4.98 Å². The van der Waals surface area contributed by atoms with Crippen molar-refractivity contribution in [3.63, 3.8) is 0 Å². The van der Waals surface area contributed by atoms with E-state index in [0.29, 0.717) is 11.0 Å². The van der Waals surface area contributed by atoms with Gasteiger partial charge in [0.15, 0.2) is 5.11 Å². The summed E-state index contributed by atoms with van der Waals surface area (Å²) >= 11 is 5.46. The molecule has 0 amide bonds. The molecular weight excluding hydrogens is 290 g/mol. The Kier molecular flexibility index (Phi) is 5.50. The molecule has 0 spiro atoms. The van der Waals surface area contributed by atoms with Gasteiger partial charge in [-0.1, -0.05) is 37.6 Å². The monoisotopic (exact) mass is 313 g/mol. The Balaban J connectivity index is 2.13. The summed E-state index contributed by atoms with van der Waals surface area (Å²) in [6.45, 7) is 8.67. The minimum Gasteiger partial charge on any atom is -0.355 e. The summed E-state index contributed by atoms with van der Waals surface area (Å²) in [5.41, 5.74) is 4.80. The lowest BCUT2D eigenvalue weighted by Crippen LogP contribution is -2.35. The lowest BCUT2D eigenvalue weighted by Gasteiger charge is -2.26. The van der Waals surface area contributed by atoms with Crippen molar-refractivity contribution in [2.75, 3.05) is 5.32 Å². The van der Waals surface area contributed by atoms with Crippen molar-refractivity contribution in [2.24, 2.45) is 5.92 Å². The first-order chi connectivity index (χ1) is 10.5. The number of hydrogen-bond acceptors (Lipinski definition) is 2. The summed E-state index contributed by atoms with van der Waals surface area (Å²) in [7, 11) is 0. The van der Waals surface area contributed by atoms with Crippen LogP contribution in [0.3, 0.4) is 0 Å². The van der Waals surface area contributed by atoms with Crippen molar-refractivity contribution in [1.82, 2.24) is 10.3 Å². The summed E-state index contributed by atoms with van der Waals surface area (Å²) in [5.74, 6) is 0.429. The van der Waals surface area contributed by atoms with E-state index in [1.807, 2.05) is 12.1 Å². The number of anilines is 1. The first-order valence-electron chi connectivity index (χ1n) is 7.52. The highest BCUT2D eigenvalue weighted by Gasteiger charge is 2.18. The second-order valence-corrected chi connectivity index (χ2v) is 6.32. The molecule has 3 nitrogen and oxygen atoms in total. The number of aromatic nitrogens is 1. The van der Waals surface area contributed by atoms with Gasteiger partial charge in [0.05, 0.1) is 6.04 Å². The van der Waals surface area contributed by atoms with E-state index in [-0.39, 0.29) is 6.04 Å². The molecule has 0 aliphatic heterocycles. The van der Waals surface area contributed by atoms with E-state index in [2.05, 4.69) is 61.5 Å². The molecule has 1 heterocycles. The maximum atomic E-state index is 5.46.